The molecule has 0 aliphatic carbocycles. The van der Waals surface area contributed by atoms with E-state index >= 15 is 0 Å². The summed E-state index contributed by atoms with van der Waals surface area (Å²) in [5.41, 5.74) is 1.07. The van der Waals surface area contributed by atoms with Gasteiger partial charge in [0.25, 0.3) is 5.91 Å². The molecule has 0 fully saturated rings. The molecule has 1 rings (SSSR count). The minimum absolute atomic E-state index is 0.186. The number of hydrogen-bond acceptors (Lipinski definition) is 4. The summed E-state index contributed by atoms with van der Waals surface area (Å²) < 4.78 is 10.6. The first-order valence-electron chi connectivity index (χ1n) is 8.76. The van der Waals surface area contributed by atoms with Crippen LogP contribution in [-0.2, 0) is 9.53 Å². The molecule has 0 saturated heterocycles. The molecule has 0 saturated carbocycles. The number of benzene rings is 1. The molecule has 6 heteroatoms. The summed E-state index contributed by atoms with van der Waals surface area (Å²) in [7, 11) is 0. The summed E-state index contributed by atoms with van der Waals surface area (Å²) >= 11 is 0. The second-order valence-corrected chi connectivity index (χ2v) is 6.51. The minimum Gasteiger partial charge on any atom is -0.481 e. The Morgan fingerprint density at radius 2 is 1.92 bits per heavy atom. The van der Waals surface area contributed by atoms with Crippen LogP contribution in [0, 0.1) is 12.8 Å². The SMILES string of the molecule is CCOC(=O)NC(CNC(=O)C(C)Oc1cccc(C)c1)CC(C)C. The number of aryl methyl sites for hydroxylation is 1. The zero-order chi connectivity index (χ0) is 18.8. The lowest BCUT2D eigenvalue weighted by atomic mass is 10.0. The van der Waals surface area contributed by atoms with Gasteiger partial charge in [-0.2, -0.15) is 0 Å². The molecule has 0 aliphatic rings. The Balaban J connectivity index is 2.52. The number of alkyl carbamates (subject to hydrolysis) is 1. The standard InChI is InChI=1S/C19H30N2O4/c1-6-24-19(23)21-16(10-13(2)3)12-20-18(22)15(5)25-17-9-7-8-14(4)11-17/h7-9,11,13,15-16H,6,10,12H2,1-5H3,(H,20,22)(H,21,23). The fourth-order valence-corrected chi connectivity index (χ4v) is 2.42. The first-order valence-corrected chi connectivity index (χ1v) is 8.76. The molecule has 0 spiro atoms. The molecule has 2 unspecified atom stereocenters. The van der Waals surface area contributed by atoms with Crippen molar-refractivity contribution in [3.63, 3.8) is 0 Å². The van der Waals surface area contributed by atoms with Gasteiger partial charge in [-0.3, -0.25) is 4.79 Å². The van der Waals surface area contributed by atoms with Gasteiger partial charge in [-0.05, 0) is 50.8 Å². The van der Waals surface area contributed by atoms with E-state index < -0.39 is 12.2 Å². The second-order valence-electron chi connectivity index (χ2n) is 6.51. The van der Waals surface area contributed by atoms with Crippen LogP contribution >= 0.6 is 0 Å². The summed E-state index contributed by atoms with van der Waals surface area (Å²) in [4.78, 5) is 23.9. The van der Waals surface area contributed by atoms with Crippen molar-refractivity contribution < 1.29 is 19.1 Å². The van der Waals surface area contributed by atoms with Crippen LogP contribution in [0.1, 0.15) is 39.7 Å². The average molecular weight is 350 g/mol. The third-order valence-electron chi connectivity index (χ3n) is 3.55. The maximum Gasteiger partial charge on any atom is 0.407 e. The van der Waals surface area contributed by atoms with Crippen LogP contribution < -0.4 is 15.4 Å². The summed E-state index contributed by atoms with van der Waals surface area (Å²) in [5, 5.41) is 5.62. The zero-order valence-corrected chi connectivity index (χ0v) is 15.8. The molecular weight excluding hydrogens is 320 g/mol. The Labute approximate surface area is 150 Å². The topological polar surface area (TPSA) is 76.7 Å². The molecule has 0 bridgehead atoms. The lowest BCUT2D eigenvalue weighted by Crippen LogP contribution is -2.47. The quantitative estimate of drug-likeness (QED) is 0.718. The van der Waals surface area contributed by atoms with Gasteiger partial charge >= 0.3 is 6.09 Å². The first-order chi connectivity index (χ1) is 11.8. The van der Waals surface area contributed by atoms with Crippen LogP contribution in [0.25, 0.3) is 0 Å². The van der Waals surface area contributed by atoms with Crippen molar-refractivity contribution in [2.45, 2.75) is 53.2 Å². The van der Waals surface area contributed by atoms with Crippen molar-refractivity contribution in [2.24, 2.45) is 5.92 Å². The predicted molar refractivity (Wildman–Crippen MR) is 97.7 cm³/mol. The molecule has 0 radical (unpaired) electrons. The van der Waals surface area contributed by atoms with E-state index in [0.717, 1.165) is 12.0 Å². The minimum atomic E-state index is -0.621. The largest absolute Gasteiger partial charge is 0.481 e. The van der Waals surface area contributed by atoms with Gasteiger partial charge in [0.1, 0.15) is 5.75 Å². The van der Waals surface area contributed by atoms with Crippen molar-refractivity contribution in [1.82, 2.24) is 10.6 Å². The smallest absolute Gasteiger partial charge is 0.407 e. The van der Waals surface area contributed by atoms with Gasteiger partial charge in [0.05, 0.1) is 6.61 Å². The molecule has 0 heterocycles. The van der Waals surface area contributed by atoms with Gasteiger partial charge in [-0.1, -0.05) is 26.0 Å². The van der Waals surface area contributed by atoms with E-state index in [1.807, 2.05) is 31.2 Å². The first kappa shape index (κ1) is 20.8. The highest BCUT2D eigenvalue weighted by Crippen LogP contribution is 2.14. The summed E-state index contributed by atoms with van der Waals surface area (Å²) in [6.45, 7) is 10.2. The van der Waals surface area contributed by atoms with Crippen molar-refractivity contribution in [3.05, 3.63) is 29.8 Å². The van der Waals surface area contributed by atoms with E-state index in [9.17, 15) is 9.59 Å². The Hall–Kier alpha value is -2.24. The lowest BCUT2D eigenvalue weighted by molar-refractivity contribution is -0.127. The molecule has 1 aromatic rings. The third kappa shape index (κ3) is 8.42. The van der Waals surface area contributed by atoms with Crippen LogP contribution in [0.5, 0.6) is 5.75 Å². The number of nitrogens with one attached hydrogen (secondary N) is 2. The normalized spacial score (nSPS) is 13.0. The Bertz CT molecular complexity index is 560. The third-order valence-corrected chi connectivity index (χ3v) is 3.55. The molecule has 2 amide bonds. The highest BCUT2D eigenvalue weighted by molar-refractivity contribution is 5.80. The predicted octanol–water partition coefficient (Wildman–Crippen LogP) is 3.04. The molecule has 1 aromatic carbocycles. The van der Waals surface area contributed by atoms with Gasteiger partial charge < -0.3 is 20.1 Å². The van der Waals surface area contributed by atoms with Gasteiger partial charge in [-0.15, -0.1) is 0 Å². The fourth-order valence-electron chi connectivity index (χ4n) is 2.42. The summed E-state index contributed by atoms with van der Waals surface area (Å²) in [6.07, 6.45) is -0.345. The number of hydrogen-bond donors (Lipinski definition) is 2. The van der Waals surface area contributed by atoms with Crippen LogP contribution in [0.4, 0.5) is 4.79 Å². The molecular formula is C19H30N2O4. The number of carbonyl (C=O) groups is 2. The maximum absolute atomic E-state index is 12.3. The Morgan fingerprint density at radius 1 is 1.20 bits per heavy atom. The van der Waals surface area contributed by atoms with E-state index in [2.05, 4.69) is 24.5 Å². The molecule has 2 N–H and O–H groups in total. The Kier molecular flexibility index (Phi) is 8.81. The average Bonchev–Trinajstić information content (AvgIpc) is 2.52. The lowest BCUT2D eigenvalue weighted by Gasteiger charge is -2.22. The molecule has 140 valence electrons. The monoisotopic (exact) mass is 350 g/mol. The van der Waals surface area contributed by atoms with Gasteiger partial charge in [0, 0.05) is 12.6 Å². The molecule has 0 aliphatic heterocycles. The highest BCUT2D eigenvalue weighted by atomic mass is 16.5. The Morgan fingerprint density at radius 3 is 2.52 bits per heavy atom. The van der Waals surface area contributed by atoms with Gasteiger partial charge in [-0.25, -0.2) is 4.79 Å². The van der Waals surface area contributed by atoms with E-state index in [4.69, 9.17) is 9.47 Å². The van der Waals surface area contributed by atoms with Gasteiger partial charge in [0.15, 0.2) is 6.10 Å². The number of ether oxygens (including phenoxy) is 2. The van der Waals surface area contributed by atoms with Crippen LogP contribution in [-0.4, -0.2) is 37.3 Å². The zero-order valence-electron chi connectivity index (χ0n) is 15.8. The maximum atomic E-state index is 12.3. The van der Waals surface area contributed by atoms with Gasteiger partial charge in [0.2, 0.25) is 0 Å². The highest BCUT2D eigenvalue weighted by Gasteiger charge is 2.19. The molecule has 0 aromatic heterocycles. The van der Waals surface area contributed by atoms with Crippen molar-refractivity contribution in [1.29, 1.82) is 0 Å². The van der Waals surface area contributed by atoms with E-state index in [0.29, 0.717) is 24.8 Å². The summed E-state index contributed by atoms with van der Waals surface area (Å²) in [6, 6.07) is 7.37. The van der Waals surface area contributed by atoms with E-state index in [1.165, 1.54) is 0 Å². The van der Waals surface area contributed by atoms with Crippen molar-refractivity contribution in [3.8, 4) is 5.75 Å². The fraction of sp³-hybridized carbons (Fsp3) is 0.579. The molecule has 2 atom stereocenters. The van der Waals surface area contributed by atoms with Crippen LogP contribution in [0.2, 0.25) is 0 Å². The summed E-state index contributed by atoms with van der Waals surface area (Å²) in [5.74, 6) is 0.816. The molecule has 6 nitrogen and oxygen atoms in total. The van der Waals surface area contributed by atoms with Crippen LogP contribution in [0.3, 0.4) is 0 Å². The van der Waals surface area contributed by atoms with Crippen LogP contribution in [0.15, 0.2) is 24.3 Å². The number of carbonyl (C=O) groups excluding carboxylic acids is 2. The second kappa shape index (κ2) is 10.6. The number of rotatable bonds is 9. The number of amides is 2. The van der Waals surface area contributed by atoms with E-state index in [-0.39, 0.29) is 11.9 Å². The van der Waals surface area contributed by atoms with E-state index in [1.54, 1.807) is 13.8 Å². The molecule has 25 heavy (non-hydrogen) atoms. The van der Waals surface area contributed by atoms with Crippen molar-refractivity contribution in [2.75, 3.05) is 13.2 Å². The van der Waals surface area contributed by atoms with Crippen molar-refractivity contribution >= 4 is 12.0 Å².